The van der Waals surface area contributed by atoms with E-state index in [4.69, 9.17) is 29.8 Å². The Morgan fingerprint density at radius 3 is 1.49 bits per heavy atom. The lowest BCUT2D eigenvalue weighted by molar-refractivity contribution is -0.137. The van der Waals surface area contributed by atoms with Gasteiger partial charge in [0.1, 0.15) is 29.2 Å². The van der Waals surface area contributed by atoms with Crippen molar-refractivity contribution in [3.8, 4) is 23.0 Å². The summed E-state index contributed by atoms with van der Waals surface area (Å²) in [5, 5.41) is 13.0. The van der Waals surface area contributed by atoms with Crippen molar-refractivity contribution < 1.29 is 60.2 Å². The van der Waals surface area contributed by atoms with Gasteiger partial charge in [-0.15, -0.1) is 0 Å². The van der Waals surface area contributed by atoms with Crippen molar-refractivity contribution in [3.05, 3.63) is 151 Å². The Bertz CT molecular complexity index is 2130. The summed E-state index contributed by atoms with van der Waals surface area (Å²) in [6.07, 6.45) is 7.87. The van der Waals surface area contributed by atoms with Crippen molar-refractivity contribution in [3.63, 3.8) is 0 Å². The zero-order valence-electron chi connectivity index (χ0n) is 32.9. The number of benzene rings is 5. The maximum atomic E-state index is 13.1. The van der Waals surface area contributed by atoms with E-state index >= 15 is 0 Å². The Morgan fingerprint density at radius 1 is 0.627 bits per heavy atom. The van der Waals surface area contributed by atoms with E-state index in [1.54, 1.807) is 36.4 Å². The van der Waals surface area contributed by atoms with Gasteiger partial charge in [0.25, 0.3) is 0 Å². The van der Waals surface area contributed by atoms with E-state index in [0.29, 0.717) is 23.3 Å². The summed E-state index contributed by atoms with van der Waals surface area (Å²) in [6, 6.07) is 40.3. The van der Waals surface area contributed by atoms with Gasteiger partial charge in [-0.2, -0.15) is 0 Å². The van der Waals surface area contributed by atoms with Gasteiger partial charge in [0.2, 0.25) is 0 Å². The molecule has 1 atom stereocenters. The molecular formula is C47H47BrNO9P. The first-order valence-corrected chi connectivity index (χ1v) is 20.8. The lowest BCUT2D eigenvalue weighted by Gasteiger charge is -2.27. The number of unbranched alkanes of at least 4 members (excludes halogenated alkanes) is 1. The molecule has 0 fully saturated rings. The maximum absolute atomic E-state index is 13.1. The first kappa shape index (κ1) is 46.0. The molecule has 59 heavy (non-hydrogen) atoms. The predicted octanol–water partition coefficient (Wildman–Crippen LogP) is 3.26. The molecule has 0 spiro atoms. The highest BCUT2D eigenvalue weighted by Crippen LogP contribution is 2.56. The van der Waals surface area contributed by atoms with Crippen molar-refractivity contribution in [1.29, 1.82) is 0 Å². The van der Waals surface area contributed by atoms with Gasteiger partial charge >= 0.3 is 11.9 Å². The standard InChI is InChI=1S/C47H47NO9P.BrH/c1-54-44-30-34(21-25-36(50)32-37(51)26-22-35-24-28-43(45(31-35)55-2)57-47(53)41(48)33-49)23-27-42(44)56-46(52)20-12-13-29-58(38-14-6-3-7-15-38,39-16-8-4-9-17-39)40-18-10-5-11-19-40;/h3-11,14-19,21-28,30-31,41,49H,12-13,20,29,32-33,48H2,1-2H3;1H/q+1;/p-1/b25-21+,26-22+;/t41-;/m0./s1. The number of esters is 2. The predicted molar refractivity (Wildman–Crippen MR) is 229 cm³/mol. The highest BCUT2D eigenvalue weighted by molar-refractivity contribution is 7.95. The zero-order valence-corrected chi connectivity index (χ0v) is 35.3. The van der Waals surface area contributed by atoms with Gasteiger partial charge in [0.05, 0.1) is 33.4 Å². The lowest BCUT2D eigenvalue weighted by Crippen LogP contribution is -3.00. The molecule has 0 aliphatic rings. The fraction of sp³-hybridized carbons (Fsp3) is 0.191. The van der Waals surface area contributed by atoms with Gasteiger partial charge in [-0.25, -0.2) is 4.79 Å². The molecule has 0 radical (unpaired) electrons. The van der Waals surface area contributed by atoms with E-state index in [1.165, 1.54) is 54.4 Å². The summed E-state index contributed by atoms with van der Waals surface area (Å²) in [7, 11) is 0.859. The average molecular weight is 881 g/mol. The molecule has 0 unspecified atom stereocenters. The fourth-order valence-electron chi connectivity index (χ4n) is 6.34. The molecule has 0 bridgehead atoms. The molecule has 5 aromatic rings. The molecule has 0 saturated carbocycles. The number of carbonyl (C=O) groups excluding carboxylic acids is 4. The number of halogens is 1. The number of carbonyl (C=O) groups is 4. The molecule has 0 heterocycles. The molecule has 5 rings (SSSR count). The van der Waals surface area contributed by atoms with Crippen LogP contribution >= 0.6 is 7.26 Å². The number of ether oxygens (including phenoxy) is 4. The summed E-state index contributed by atoms with van der Waals surface area (Å²) >= 11 is 0. The van der Waals surface area contributed by atoms with Crippen LogP contribution in [-0.2, 0) is 19.2 Å². The molecule has 12 heteroatoms. The van der Waals surface area contributed by atoms with Crippen LogP contribution in [-0.4, -0.2) is 61.6 Å². The third-order valence-corrected chi connectivity index (χ3v) is 13.8. The Morgan fingerprint density at radius 2 is 1.07 bits per heavy atom. The highest BCUT2D eigenvalue weighted by atomic mass is 79.9. The number of aliphatic hydroxyl groups is 1. The fourth-order valence-corrected chi connectivity index (χ4v) is 10.8. The summed E-state index contributed by atoms with van der Waals surface area (Å²) in [5.41, 5.74) is 6.67. The zero-order chi connectivity index (χ0) is 41.3. The molecule has 0 amide bonds. The van der Waals surface area contributed by atoms with Crippen LogP contribution in [0.15, 0.2) is 140 Å². The van der Waals surface area contributed by atoms with Gasteiger partial charge < -0.3 is 46.8 Å². The minimum absolute atomic E-state index is 0. The SMILES string of the molecule is COc1cc(/C=C/C(=O)CC(=O)/C=C/c2ccc(OC(=O)[C@@H](N)CO)c(OC)c2)ccc1OC(=O)CCCC[P+](c1ccccc1)(c1ccccc1)c1ccccc1.[Br-]. The Labute approximate surface area is 355 Å². The molecule has 5 aromatic carbocycles. The average Bonchev–Trinajstić information content (AvgIpc) is 3.26. The largest absolute Gasteiger partial charge is 1.00 e. The van der Waals surface area contributed by atoms with Gasteiger partial charge in [-0.3, -0.25) is 14.4 Å². The van der Waals surface area contributed by atoms with Crippen LogP contribution < -0.4 is 57.6 Å². The maximum Gasteiger partial charge on any atom is 0.330 e. The normalized spacial score (nSPS) is 11.7. The van der Waals surface area contributed by atoms with Crippen molar-refractivity contribution in [2.24, 2.45) is 5.73 Å². The Balaban J connectivity index is 0.00000769. The molecule has 10 nitrogen and oxygen atoms in total. The molecule has 0 saturated heterocycles. The quantitative estimate of drug-likeness (QED) is 0.0298. The van der Waals surface area contributed by atoms with Crippen molar-refractivity contribution in [2.45, 2.75) is 31.7 Å². The molecular weight excluding hydrogens is 833 g/mol. The number of methoxy groups -OCH3 is 2. The smallest absolute Gasteiger partial charge is 0.330 e. The van der Waals surface area contributed by atoms with E-state index in [0.717, 1.165) is 12.6 Å². The molecule has 0 aliphatic carbocycles. The number of hydrogen-bond donors (Lipinski definition) is 2. The number of rotatable bonds is 20. The highest BCUT2D eigenvalue weighted by Gasteiger charge is 2.44. The van der Waals surface area contributed by atoms with Gasteiger partial charge in [-0.1, -0.05) is 78.9 Å². The van der Waals surface area contributed by atoms with Crippen LogP contribution in [0.5, 0.6) is 23.0 Å². The molecule has 306 valence electrons. The number of allylic oxidation sites excluding steroid dienone is 2. The van der Waals surface area contributed by atoms with Crippen LogP contribution in [0.2, 0.25) is 0 Å². The number of hydrogen-bond acceptors (Lipinski definition) is 10. The Kier molecular flexibility index (Phi) is 17.9. The lowest BCUT2D eigenvalue weighted by atomic mass is 10.1. The number of aliphatic hydroxyl groups excluding tert-OH is 1. The number of ketones is 2. The minimum Gasteiger partial charge on any atom is -1.00 e. The van der Waals surface area contributed by atoms with Crippen molar-refractivity contribution in [1.82, 2.24) is 0 Å². The van der Waals surface area contributed by atoms with Crippen LogP contribution in [0, 0.1) is 0 Å². The van der Waals surface area contributed by atoms with Gasteiger partial charge in [0.15, 0.2) is 34.6 Å². The van der Waals surface area contributed by atoms with Gasteiger partial charge in [0, 0.05) is 6.42 Å². The summed E-state index contributed by atoms with van der Waals surface area (Å²) in [5.74, 6) is -1.11. The van der Waals surface area contributed by atoms with E-state index in [2.05, 4.69) is 72.8 Å². The van der Waals surface area contributed by atoms with Crippen molar-refractivity contribution in [2.75, 3.05) is 27.0 Å². The Hall–Kier alpha value is -5.71. The second-order valence-electron chi connectivity index (χ2n) is 13.3. The first-order chi connectivity index (χ1) is 28.2. The van der Waals surface area contributed by atoms with Gasteiger partial charge in [-0.05, 0) is 96.8 Å². The topological polar surface area (TPSA) is 151 Å². The van der Waals surface area contributed by atoms with Crippen LogP contribution in [0.1, 0.15) is 36.8 Å². The van der Waals surface area contributed by atoms with E-state index in [-0.39, 0.29) is 53.0 Å². The molecule has 3 N–H and O–H groups in total. The summed E-state index contributed by atoms with van der Waals surface area (Å²) in [4.78, 5) is 50.2. The third kappa shape index (κ3) is 12.6. The van der Waals surface area contributed by atoms with E-state index in [9.17, 15) is 19.2 Å². The third-order valence-electron chi connectivity index (χ3n) is 9.30. The van der Waals surface area contributed by atoms with Crippen molar-refractivity contribution >= 4 is 58.8 Å². The molecule has 0 aromatic heterocycles. The van der Waals surface area contributed by atoms with Crippen LogP contribution in [0.25, 0.3) is 12.2 Å². The first-order valence-electron chi connectivity index (χ1n) is 18.8. The molecule has 0 aliphatic heterocycles. The van der Waals surface area contributed by atoms with E-state index in [1.807, 2.05) is 18.2 Å². The van der Waals surface area contributed by atoms with Crippen LogP contribution in [0.4, 0.5) is 0 Å². The monoisotopic (exact) mass is 879 g/mol. The summed E-state index contributed by atoms with van der Waals surface area (Å²) in [6.45, 7) is -0.569. The second-order valence-corrected chi connectivity index (χ2v) is 16.9. The minimum atomic E-state index is -2.00. The summed E-state index contributed by atoms with van der Waals surface area (Å²) < 4.78 is 21.7. The second kappa shape index (κ2) is 23.0. The van der Waals surface area contributed by atoms with Crippen LogP contribution in [0.3, 0.4) is 0 Å². The van der Waals surface area contributed by atoms with E-state index < -0.39 is 37.4 Å². The number of nitrogens with two attached hydrogens (primary N) is 1.